The lowest BCUT2D eigenvalue weighted by Gasteiger charge is -2.23. The van der Waals surface area contributed by atoms with Gasteiger partial charge in [0.2, 0.25) is 5.91 Å². The monoisotopic (exact) mass is 449 g/mol. The van der Waals surface area contributed by atoms with Crippen molar-refractivity contribution < 1.29 is 14.0 Å². The molecule has 24 heavy (non-hydrogen) atoms. The molecule has 1 aliphatic rings. The number of halogens is 2. The van der Waals surface area contributed by atoms with E-state index in [1.165, 1.54) is 12.1 Å². The third-order valence-corrected chi connectivity index (χ3v) is 3.44. The summed E-state index contributed by atoms with van der Waals surface area (Å²) in [6, 6.07) is 5.98. The number of amides is 3. The zero-order valence-electron chi connectivity index (χ0n) is 13.6. The van der Waals surface area contributed by atoms with E-state index in [0.717, 1.165) is 10.5 Å². The van der Waals surface area contributed by atoms with E-state index in [9.17, 15) is 14.0 Å². The van der Waals surface area contributed by atoms with Gasteiger partial charge >= 0.3 is 6.03 Å². The smallest absolute Gasteiger partial charge is 0.324 e. The molecule has 0 aliphatic carbocycles. The predicted octanol–water partition coefficient (Wildman–Crippen LogP) is 1.00. The number of rotatable bonds is 5. The molecule has 0 atom stereocenters. The van der Waals surface area contributed by atoms with Gasteiger partial charge in [-0.15, -0.1) is 24.0 Å². The topological polar surface area (TPSA) is 77.0 Å². The minimum absolute atomic E-state index is 0. The number of nitrogens with zero attached hydrogens (tertiary/aromatic N) is 3. The summed E-state index contributed by atoms with van der Waals surface area (Å²) in [5.41, 5.74) is 0.824. The molecule has 0 unspecified atom stereocenters. The van der Waals surface area contributed by atoms with Crippen molar-refractivity contribution >= 4 is 41.9 Å². The third-order valence-electron chi connectivity index (χ3n) is 3.44. The Hall–Kier alpha value is -1.91. The molecule has 1 aliphatic heterocycles. The number of urea groups is 1. The lowest BCUT2D eigenvalue weighted by Crippen LogP contribution is -2.43. The van der Waals surface area contributed by atoms with Gasteiger partial charge < -0.3 is 15.5 Å². The molecule has 1 fully saturated rings. The summed E-state index contributed by atoms with van der Waals surface area (Å²) in [5, 5.41) is 5.55. The fourth-order valence-corrected chi connectivity index (χ4v) is 2.33. The zero-order valence-corrected chi connectivity index (χ0v) is 15.9. The van der Waals surface area contributed by atoms with E-state index in [0.29, 0.717) is 19.0 Å². The lowest BCUT2D eigenvalue weighted by atomic mass is 10.2. The molecule has 3 amide bonds. The number of hydrogen-bond donors (Lipinski definition) is 2. The van der Waals surface area contributed by atoms with Crippen molar-refractivity contribution in [2.75, 3.05) is 33.7 Å². The van der Waals surface area contributed by atoms with Crippen LogP contribution in [0.3, 0.4) is 0 Å². The van der Waals surface area contributed by atoms with Crippen LogP contribution in [0, 0.1) is 5.82 Å². The van der Waals surface area contributed by atoms with Crippen LogP contribution < -0.4 is 10.6 Å². The van der Waals surface area contributed by atoms with E-state index in [1.54, 1.807) is 13.1 Å². The van der Waals surface area contributed by atoms with Gasteiger partial charge in [-0.3, -0.25) is 14.7 Å². The number of benzene rings is 1. The first-order valence-electron chi connectivity index (χ1n) is 7.25. The molecule has 0 bridgehead atoms. The van der Waals surface area contributed by atoms with E-state index in [-0.39, 0.29) is 54.8 Å². The molecule has 0 aromatic heterocycles. The number of carbonyl (C=O) groups is 2. The molecule has 1 aromatic rings. The predicted molar refractivity (Wildman–Crippen MR) is 99.8 cm³/mol. The SMILES string of the molecule is CN=C(NCCN1C(=O)CNC1=O)N(C)Cc1cccc(F)c1.I. The number of nitrogens with one attached hydrogen (secondary N) is 2. The minimum Gasteiger partial charge on any atom is -0.354 e. The Labute approximate surface area is 157 Å². The molecule has 7 nitrogen and oxygen atoms in total. The Morgan fingerprint density at radius 1 is 1.46 bits per heavy atom. The van der Waals surface area contributed by atoms with Gasteiger partial charge in [-0.05, 0) is 17.7 Å². The van der Waals surface area contributed by atoms with Crippen LogP contribution in [0.25, 0.3) is 0 Å². The molecule has 2 rings (SSSR count). The summed E-state index contributed by atoms with van der Waals surface area (Å²) in [6.45, 7) is 1.18. The van der Waals surface area contributed by atoms with Gasteiger partial charge in [-0.1, -0.05) is 12.1 Å². The van der Waals surface area contributed by atoms with E-state index in [2.05, 4.69) is 15.6 Å². The molecule has 1 saturated heterocycles. The second-order valence-electron chi connectivity index (χ2n) is 5.16. The highest BCUT2D eigenvalue weighted by Gasteiger charge is 2.27. The average molecular weight is 449 g/mol. The summed E-state index contributed by atoms with van der Waals surface area (Å²) in [7, 11) is 3.46. The fourth-order valence-electron chi connectivity index (χ4n) is 2.33. The molecule has 0 saturated carbocycles. The Morgan fingerprint density at radius 3 is 2.79 bits per heavy atom. The van der Waals surface area contributed by atoms with Crippen LogP contribution in [0.1, 0.15) is 5.56 Å². The van der Waals surface area contributed by atoms with Gasteiger partial charge in [0.1, 0.15) is 5.82 Å². The van der Waals surface area contributed by atoms with Crippen molar-refractivity contribution in [3.63, 3.8) is 0 Å². The van der Waals surface area contributed by atoms with Gasteiger partial charge in [-0.25, -0.2) is 9.18 Å². The van der Waals surface area contributed by atoms with Crippen molar-refractivity contribution in [3.05, 3.63) is 35.6 Å². The van der Waals surface area contributed by atoms with E-state index in [1.807, 2.05) is 18.0 Å². The van der Waals surface area contributed by atoms with E-state index >= 15 is 0 Å². The molecular weight excluding hydrogens is 428 g/mol. The molecule has 0 spiro atoms. The molecular formula is C15H21FIN5O2. The molecule has 2 N–H and O–H groups in total. The highest BCUT2D eigenvalue weighted by Crippen LogP contribution is 2.06. The van der Waals surface area contributed by atoms with Crippen LogP contribution in [-0.2, 0) is 11.3 Å². The van der Waals surface area contributed by atoms with Crippen LogP contribution in [0.2, 0.25) is 0 Å². The van der Waals surface area contributed by atoms with Gasteiger partial charge in [0.15, 0.2) is 5.96 Å². The van der Waals surface area contributed by atoms with Gasteiger partial charge in [-0.2, -0.15) is 0 Å². The molecule has 1 aromatic carbocycles. The largest absolute Gasteiger partial charge is 0.354 e. The average Bonchev–Trinajstić information content (AvgIpc) is 2.83. The number of hydrogen-bond acceptors (Lipinski definition) is 3. The normalized spacial score (nSPS) is 14.3. The number of imide groups is 1. The maximum absolute atomic E-state index is 13.2. The zero-order chi connectivity index (χ0) is 16.8. The van der Waals surface area contributed by atoms with E-state index < -0.39 is 0 Å². The maximum atomic E-state index is 13.2. The van der Waals surface area contributed by atoms with Crippen molar-refractivity contribution in [2.24, 2.45) is 4.99 Å². The minimum atomic E-state index is -0.375. The number of aliphatic imine (C=N–C) groups is 1. The van der Waals surface area contributed by atoms with Gasteiger partial charge in [0.25, 0.3) is 0 Å². The summed E-state index contributed by atoms with van der Waals surface area (Å²) < 4.78 is 13.2. The second-order valence-corrected chi connectivity index (χ2v) is 5.16. The first kappa shape index (κ1) is 20.1. The fraction of sp³-hybridized carbons (Fsp3) is 0.400. The first-order chi connectivity index (χ1) is 11.0. The second kappa shape index (κ2) is 9.40. The standard InChI is InChI=1S/C15H20FN5O2.HI/c1-17-14(18-6-7-21-13(22)9-19-15(21)23)20(2)10-11-4-3-5-12(16)8-11;/h3-5,8H,6-7,9-10H2,1-2H3,(H,17,18)(H,19,23);1H. The van der Waals surface area contributed by atoms with Crippen molar-refractivity contribution in [2.45, 2.75) is 6.54 Å². The van der Waals surface area contributed by atoms with Crippen molar-refractivity contribution in [1.82, 2.24) is 20.4 Å². The third kappa shape index (κ3) is 5.32. The van der Waals surface area contributed by atoms with Crippen LogP contribution in [0.4, 0.5) is 9.18 Å². The number of guanidine groups is 1. The Balaban J connectivity index is 0.00000288. The van der Waals surface area contributed by atoms with E-state index in [4.69, 9.17) is 0 Å². The molecule has 9 heteroatoms. The van der Waals surface area contributed by atoms with Crippen molar-refractivity contribution in [1.29, 1.82) is 0 Å². The molecule has 0 radical (unpaired) electrons. The Bertz CT molecular complexity index is 610. The van der Waals surface area contributed by atoms with Crippen LogP contribution in [0.5, 0.6) is 0 Å². The Morgan fingerprint density at radius 2 is 2.21 bits per heavy atom. The summed E-state index contributed by atoms with van der Waals surface area (Å²) >= 11 is 0. The van der Waals surface area contributed by atoms with Crippen molar-refractivity contribution in [3.8, 4) is 0 Å². The molecule has 1 heterocycles. The highest BCUT2D eigenvalue weighted by atomic mass is 127. The number of carbonyl (C=O) groups excluding carboxylic acids is 2. The first-order valence-corrected chi connectivity index (χ1v) is 7.25. The van der Waals surface area contributed by atoms with Gasteiger partial charge in [0, 0.05) is 33.7 Å². The van der Waals surface area contributed by atoms with Crippen LogP contribution in [0.15, 0.2) is 29.3 Å². The molecule has 132 valence electrons. The highest BCUT2D eigenvalue weighted by molar-refractivity contribution is 14.0. The van der Waals surface area contributed by atoms with Crippen LogP contribution in [-0.4, -0.2) is 61.4 Å². The lowest BCUT2D eigenvalue weighted by molar-refractivity contribution is -0.124. The van der Waals surface area contributed by atoms with Crippen LogP contribution >= 0.6 is 24.0 Å². The van der Waals surface area contributed by atoms with Gasteiger partial charge in [0.05, 0.1) is 6.54 Å². The summed E-state index contributed by atoms with van der Waals surface area (Å²) in [6.07, 6.45) is 0. The quantitative estimate of drug-likeness (QED) is 0.305. The Kier molecular flexibility index (Phi) is 7.89. The maximum Gasteiger partial charge on any atom is 0.324 e. The summed E-state index contributed by atoms with van der Waals surface area (Å²) in [4.78, 5) is 30.0. The summed E-state index contributed by atoms with van der Waals surface area (Å²) in [5.74, 6) is 0.0821.